The number of aryl methyl sites for hydroxylation is 1. The smallest absolute Gasteiger partial charge is 0.474 e. The molecule has 0 saturated carbocycles. The summed E-state index contributed by atoms with van der Waals surface area (Å²) in [6.07, 6.45) is -1.75. The van der Waals surface area contributed by atoms with Crippen molar-refractivity contribution in [3.63, 3.8) is 0 Å². The highest BCUT2D eigenvalue weighted by molar-refractivity contribution is 5.82. The highest BCUT2D eigenvalue weighted by atomic mass is 19.4. The third-order valence-corrected chi connectivity index (χ3v) is 5.64. The van der Waals surface area contributed by atoms with Crippen molar-refractivity contribution >= 4 is 5.91 Å². The largest absolute Gasteiger partial charge is 0.573 e. The number of hydrogen-bond donors (Lipinski definition) is 1. The van der Waals surface area contributed by atoms with Gasteiger partial charge < -0.3 is 19.7 Å². The van der Waals surface area contributed by atoms with Gasteiger partial charge in [0.25, 0.3) is 5.88 Å². The highest BCUT2D eigenvalue weighted by Gasteiger charge is 2.39. The summed E-state index contributed by atoms with van der Waals surface area (Å²) < 4.78 is 49.1. The number of amides is 1. The summed E-state index contributed by atoms with van der Waals surface area (Å²) in [7, 11) is 3.86. The number of nitrogens with one attached hydrogen (secondary N) is 1. The van der Waals surface area contributed by atoms with E-state index in [-0.39, 0.29) is 30.4 Å². The number of likely N-dealkylation sites (N-methyl/N-ethyl adjacent to an activating group) is 1. The maximum atomic E-state index is 13.1. The maximum Gasteiger partial charge on any atom is 0.573 e. The SMILES string of the molecule is Cc1c([C@@H]2CN(C)C[C@H]2NC(=O)C(C)(C)COc2ncccc2OC(F)(F)F)cnn1C. The molecule has 0 spiro atoms. The van der Waals surface area contributed by atoms with Gasteiger partial charge in [0, 0.05) is 44.0 Å². The second kappa shape index (κ2) is 8.97. The van der Waals surface area contributed by atoms with Crippen molar-refractivity contribution in [1.29, 1.82) is 0 Å². The number of likely N-dealkylation sites (tertiary alicyclic amines) is 1. The van der Waals surface area contributed by atoms with Crippen LogP contribution in [0.5, 0.6) is 11.6 Å². The van der Waals surface area contributed by atoms with E-state index in [4.69, 9.17) is 4.74 Å². The fourth-order valence-corrected chi connectivity index (χ4v) is 3.71. The van der Waals surface area contributed by atoms with Crippen LogP contribution in [-0.2, 0) is 11.8 Å². The van der Waals surface area contributed by atoms with Gasteiger partial charge >= 0.3 is 6.36 Å². The molecule has 2 aromatic heterocycles. The summed E-state index contributed by atoms with van der Waals surface area (Å²) >= 11 is 0. The van der Waals surface area contributed by atoms with Gasteiger partial charge in [-0.25, -0.2) is 4.98 Å². The third kappa shape index (κ3) is 5.50. The number of carbonyl (C=O) groups excluding carboxylic acids is 1. The zero-order valence-electron chi connectivity index (χ0n) is 18.7. The minimum absolute atomic E-state index is 0.0805. The molecule has 1 fully saturated rings. The van der Waals surface area contributed by atoms with E-state index in [2.05, 4.69) is 25.0 Å². The molecule has 0 unspecified atom stereocenters. The van der Waals surface area contributed by atoms with Gasteiger partial charge in [0.15, 0.2) is 5.75 Å². The molecule has 0 radical (unpaired) electrons. The minimum Gasteiger partial charge on any atom is -0.474 e. The van der Waals surface area contributed by atoms with Crippen molar-refractivity contribution in [3.05, 3.63) is 35.8 Å². The van der Waals surface area contributed by atoms with Crippen LogP contribution >= 0.6 is 0 Å². The molecule has 3 heterocycles. The number of nitrogens with zero attached hydrogens (tertiary/aromatic N) is 4. The summed E-state index contributed by atoms with van der Waals surface area (Å²) in [4.78, 5) is 19.0. The van der Waals surface area contributed by atoms with Crippen LogP contribution in [0.25, 0.3) is 0 Å². The van der Waals surface area contributed by atoms with Crippen LogP contribution in [-0.4, -0.2) is 64.7 Å². The van der Waals surface area contributed by atoms with Gasteiger partial charge in [-0.3, -0.25) is 9.48 Å². The van der Waals surface area contributed by atoms with Crippen LogP contribution in [0.15, 0.2) is 24.5 Å². The molecule has 1 amide bonds. The normalized spacial score (nSPS) is 19.8. The second-order valence-electron chi connectivity index (χ2n) is 8.74. The average molecular weight is 455 g/mol. The Morgan fingerprint density at radius 2 is 2.00 bits per heavy atom. The molecule has 0 aliphatic carbocycles. The lowest BCUT2D eigenvalue weighted by Gasteiger charge is -2.28. The Hall–Kier alpha value is -2.82. The Balaban J connectivity index is 1.67. The van der Waals surface area contributed by atoms with Gasteiger partial charge in [0.2, 0.25) is 5.91 Å². The first-order valence-corrected chi connectivity index (χ1v) is 10.2. The van der Waals surface area contributed by atoms with Crippen LogP contribution in [0.2, 0.25) is 0 Å². The van der Waals surface area contributed by atoms with Crippen molar-refractivity contribution in [2.24, 2.45) is 12.5 Å². The van der Waals surface area contributed by atoms with Crippen LogP contribution in [0.4, 0.5) is 13.2 Å². The summed E-state index contributed by atoms with van der Waals surface area (Å²) in [6, 6.07) is 2.29. The van der Waals surface area contributed by atoms with E-state index in [0.717, 1.165) is 23.9 Å². The zero-order valence-corrected chi connectivity index (χ0v) is 18.7. The van der Waals surface area contributed by atoms with Gasteiger partial charge in [0.1, 0.15) is 6.61 Å². The van der Waals surface area contributed by atoms with Gasteiger partial charge in [0.05, 0.1) is 11.6 Å². The molecule has 11 heteroatoms. The Kier molecular flexibility index (Phi) is 6.68. The number of ether oxygens (including phenoxy) is 2. The molecule has 1 aliphatic rings. The van der Waals surface area contributed by atoms with Gasteiger partial charge in [-0.15, -0.1) is 13.2 Å². The van der Waals surface area contributed by atoms with Crippen molar-refractivity contribution in [3.8, 4) is 11.6 Å². The number of rotatable bonds is 7. The second-order valence-corrected chi connectivity index (χ2v) is 8.74. The quantitative estimate of drug-likeness (QED) is 0.692. The fourth-order valence-electron chi connectivity index (χ4n) is 3.71. The lowest BCUT2D eigenvalue weighted by Crippen LogP contribution is -2.48. The number of alkyl halides is 3. The topological polar surface area (TPSA) is 81.5 Å². The molecule has 2 aromatic rings. The number of aromatic nitrogens is 3. The summed E-state index contributed by atoms with van der Waals surface area (Å²) in [5.74, 6) is -1.06. The zero-order chi connectivity index (χ0) is 23.7. The lowest BCUT2D eigenvalue weighted by atomic mass is 9.90. The van der Waals surface area contributed by atoms with Crippen LogP contribution in [0, 0.1) is 12.3 Å². The van der Waals surface area contributed by atoms with Gasteiger partial charge in [-0.2, -0.15) is 5.10 Å². The first-order valence-electron chi connectivity index (χ1n) is 10.2. The van der Waals surface area contributed by atoms with Crippen molar-refractivity contribution in [2.75, 3.05) is 26.7 Å². The van der Waals surface area contributed by atoms with Crippen molar-refractivity contribution < 1.29 is 27.4 Å². The maximum absolute atomic E-state index is 13.1. The summed E-state index contributed by atoms with van der Waals surface area (Å²) in [5, 5.41) is 7.41. The summed E-state index contributed by atoms with van der Waals surface area (Å²) in [6.45, 7) is 6.59. The molecule has 8 nitrogen and oxygen atoms in total. The van der Waals surface area contributed by atoms with E-state index >= 15 is 0 Å². The molecular formula is C21H28F3N5O3. The molecule has 1 N–H and O–H groups in total. The number of pyridine rings is 1. The highest BCUT2D eigenvalue weighted by Crippen LogP contribution is 2.32. The van der Waals surface area contributed by atoms with E-state index in [1.165, 1.54) is 12.3 Å². The number of halogens is 3. The average Bonchev–Trinajstić information content (AvgIpc) is 3.21. The van der Waals surface area contributed by atoms with E-state index in [0.29, 0.717) is 6.54 Å². The molecule has 0 aromatic carbocycles. The molecule has 1 aliphatic heterocycles. The molecule has 32 heavy (non-hydrogen) atoms. The van der Waals surface area contributed by atoms with Crippen molar-refractivity contribution in [1.82, 2.24) is 25.0 Å². The monoisotopic (exact) mass is 455 g/mol. The molecule has 2 atom stereocenters. The van der Waals surface area contributed by atoms with E-state index in [1.54, 1.807) is 18.5 Å². The molecule has 0 bridgehead atoms. The standard InChI is InChI=1S/C21H28F3N5O3/c1-13-14(9-26-29(13)5)15-10-28(4)11-16(15)27-19(30)20(2,3)12-31-18-17(7-6-8-25-18)32-21(22,23)24/h6-9,15-16H,10-12H2,1-5H3,(H,27,30)/t15-,16+/m0/s1. The minimum atomic E-state index is -4.87. The lowest BCUT2D eigenvalue weighted by molar-refractivity contribution is -0.275. The Morgan fingerprint density at radius 1 is 1.28 bits per heavy atom. The Morgan fingerprint density at radius 3 is 2.62 bits per heavy atom. The van der Waals surface area contributed by atoms with Gasteiger partial charge in [-0.1, -0.05) is 0 Å². The fraction of sp³-hybridized carbons (Fsp3) is 0.571. The molecule has 1 saturated heterocycles. The predicted octanol–water partition coefficient (Wildman–Crippen LogP) is 2.64. The van der Waals surface area contributed by atoms with Crippen molar-refractivity contribution in [2.45, 2.75) is 39.1 Å². The summed E-state index contributed by atoms with van der Waals surface area (Å²) in [5.41, 5.74) is 1.10. The molecule has 176 valence electrons. The third-order valence-electron chi connectivity index (χ3n) is 5.64. The van der Waals surface area contributed by atoms with E-state index in [9.17, 15) is 18.0 Å². The number of hydrogen-bond acceptors (Lipinski definition) is 6. The van der Waals surface area contributed by atoms with E-state index < -0.39 is 17.5 Å². The first kappa shape index (κ1) is 23.8. The predicted molar refractivity (Wildman–Crippen MR) is 110 cm³/mol. The first-order chi connectivity index (χ1) is 14.9. The van der Waals surface area contributed by atoms with Gasteiger partial charge in [-0.05, 0) is 45.5 Å². The van der Waals surface area contributed by atoms with E-state index in [1.807, 2.05) is 27.2 Å². The Bertz CT molecular complexity index is 960. The Labute approximate surface area is 184 Å². The molecule has 3 rings (SSSR count). The van der Waals surface area contributed by atoms with Crippen LogP contribution < -0.4 is 14.8 Å². The number of carbonyl (C=O) groups is 1. The molecular weight excluding hydrogens is 427 g/mol. The van der Waals surface area contributed by atoms with Crippen LogP contribution in [0.3, 0.4) is 0 Å². The van der Waals surface area contributed by atoms with Crippen LogP contribution in [0.1, 0.15) is 31.0 Å².